The number of hydrogen-bond acceptors (Lipinski definition) is 3. The van der Waals surface area contributed by atoms with Crippen LogP contribution < -0.4 is 0 Å². The van der Waals surface area contributed by atoms with Gasteiger partial charge in [-0.1, -0.05) is 13.3 Å². The van der Waals surface area contributed by atoms with Crippen LogP contribution in [0.3, 0.4) is 0 Å². The van der Waals surface area contributed by atoms with Gasteiger partial charge in [-0.05, 0) is 30.5 Å². The molecule has 0 spiro atoms. The molecule has 0 amide bonds. The van der Waals surface area contributed by atoms with Crippen molar-refractivity contribution in [3.8, 4) is 0 Å². The zero-order valence-corrected chi connectivity index (χ0v) is 10.9. The lowest BCUT2D eigenvalue weighted by atomic mass is 10.2. The quantitative estimate of drug-likeness (QED) is 0.861. The van der Waals surface area contributed by atoms with Gasteiger partial charge < -0.3 is 5.11 Å². The first-order valence-electron chi connectivity index (χ1n) is 5.70. The van der Waals surface area contributed by atoms with Crippen LogP contribution in [0.5, 0.6) is 0 Å². The number of carboxylic acids is 1. The highest BCUT2D eigenvalue weighted by Gasteiger charge is 2.69. The lowest BCUT2D eigenvalue weighted by Gasteiger charge is -2.13. The van der Waals surface area contributed by atoms with E-state index in [2.05, 4.69) is 0 Å². The molecule has 0 bridgehead atoms. The molecule has 7 heteroatoms. The Bertz CT molecular complexity index is 641. The topological polar surface area (TPSA) is 71.4 Å². The van der Waals surface area contributed by atoms with Crippen LogP contribution in [0.2, 0.25) is 0 Å². The Morgan fingerprint density at radius 3 is 2.47 bits per heavy atom. The van der Waals surface area contributed by atoms with Gasteiger partial charge in [0.15, 0.2) is 26.2 Å². The first kappa shape index (κ1) is 13.9. The Kier molecular flexibility index (Phi) is 3.12. The second-order valence-electron chi connectivity index (χ2n) is 4.58. The molecule has 0 aromatic heterocycles. The van der Waals surface area contributed by atoms with Crippen LogP contribution in [0.25, 0.3) is 0 Å². The second kappa shape index (κ2) is 4.26. The van der Waals surface area contributed by atoms with Crippen molar-refractivity contribution in [2.75, 3.05) is 0 Å². The minimum Gasteiger partial charge on any atom is -0.480 e. The largest absolute Gasteiger partial charge is 0.480 e. The SMILES string of the molecule is CCC1CC1(C(=O)O)S(=O)(=O)c1ccc(F)c(F)c1. The highest BCUT2D eigenvalue weighted by Crippen LogP contribution is 2.54. The average Bonchev–Trinajstić information content (AvgIpc) is 3.08. The van der Waals surface area contributed by atoms with Crippen LogP contribution >= 0.6 is 0 Å². The molecule has 1 N–H and O–H groups in total. The molecule has 4 nitrogen and oxygen atoms in total. The van der Waals surface area contributed by atoms with E-state index in [0.29, 0.717) is 18.6 Å². The zero-order valence-electron chi connectivity index (χ0n) is 10.1. The van der Waals surface area contributed by atoms with E-state index in [4.69, 9.17) is 0 Å². The number of aliphatic carboxylic acids is 1. The van der Waals surface area contributed by atoms with Crippen molar-refractivity contribution in [3.63, 3.8) is 0 Å². The van der Waals surface area contributed by atoms with Gasteiger partial charge in [-0.15, -0.1) is 0 Å². The van der Waals surface area contributed by atoms with Gasteiger partial charge in [0.05, 0.1) is 4.90 Å². The van der Waals surface area contributed by atoms with Crippen molar-refractivity contribution in [3.05, 3.63) is 29.8 Å². The monoisotopic (exact) mass is 290 g/mol. The van der Waals surface area contributed by atoms with E-state index < -0.39 is 43.0 Å². The Hall–Kier alpha value is -1.50. The molecule has 104 valence electrons. The number of hydrogen-bond donors (Lipinski definition) is 1. The summed E-state index contributed by atoms with van der Waals surface area (Å²) in [5.41, 5.74) is 0. The van der Waals surface area contributed by atoms with Crippen molar-refractivity contribution in [1.29, 1.82) is 0 Å². The maximum atomic E-state index is 13.1. The molecule has 2 rings (SSSR count). The standard InChI is InChI=1S/C12H12F2O4S/c1-2-7-6-12(7,11(15)16)19(17,18)8-3-4-9(13)10(14)5-8/h3-5,7H,2,6H2,1H3,(H,15,16). The van der Waals surface area contributed by atoms with Gasteiger partial charge in [0, 0.05) is 0 Å². The van der Waals surface area contributed by atoms with Crippen molar-refractivity contribution < 1.29 is 27.1 Å². The van der Waals surface area contributed by atoms with Crippen LogP contribution in [-0.4, -0.2) is 24.2 Å². The Balaban J connectivity index is 2.54. The van der Waals surface area contributed by atoms with Crippen LogP contribution in [0, 0.1) is 17.6 Å². The Labute approximate surface area is 109 Å². The minimum absolute atomic E-state index is 0.000161. The normalized spacial score (nSPS) is 26.2. The fraction of sp³-hybridized carbons (Fsp3) is 0.417. The summed E-state index contributed by atoms with van der Waals surface area (Å²) in [4.78, 5) is 10.8. The second-order valence-corrected chi connectivity index (χ2v) is 6.79. The molecule has 0 aliphatic heterocycles. The zero-order chi connectivity index (χ0) is 14.4. The highest BCUT2D eigenvalue weighted by atomic mass is 32.2. The smallest absolute Gasteiger partial charge is 0.325 e. The van der Waals surface area contributed by atoms with E-state index in [9.17, 15) is 27.1 Å². The summed E-state index contributed by atoms with van der Waals surface area (Å²) in [6.07, 6.45) is 0.398. The molecule has 1 aliphatic rings. The third kappa shape index (κ3) is 1.83. The molecule has 0 saturated heterocycles. The number of halogens is 2. The molecule has 1 fully saturated rings. The van der Waals surface area contributed by atoms with Crippen LogP contribution in [-0.2, 0) is 14.6 Å². The van der Waals surface area contributed by atoms with Crippen LogP contribution in [0.4, 0.5) is 8.78 Å². The number of carboxylic acid groups (broad SMARTS) is 1. The molecule has 0 radical (unpaired) electrons. The molecule has 1 aromatic carbocycles. The van der Waals surface area contributed by atoms with Crippen molar-refractivity contribution in [1.82, 2.24) is 0 Å². The van der Waals surface area contributed by atoms with Crippen molar-refractivity contribution in [2.24, 2.45) is 5.92 Å². The van der Waals surface area contributed by atoms with E-state index >= 15 is 0 Å². The van der Waals surface area contributed by atoms with Crippen LogP contribution in [0.15, 0.2) is 23.1 Å². The molecule has 2 atom stereocenters. The number of sulfone groups is 1. The third-order valence-corrected chi connectivity index (χ3v) is 6.09. The van der Waals surface area contributed by atoms with Gasteiger partial charge in [-0.3, -0.25) is 4.79 Å². The average molecular weight is 290 g/mol. The molecule has 2 unspecified atom stereocenters. The molecule has 1 aromatic rings. The molecule has 19 heavy (non-hydrogen) atoms. The summed E-state index contributed by atoms with van der Waals surface area (Å²) in [7, 11) is -4.23. The molecule has 1 saturated carbocycles. The van der Waals surface area contributed by atoms with Gasteiger partial charge in [0.25, 0.3) is 0 Å². The summed E-state index contributed by atoms with van der Waals surface area (Å²) in [6.45, 7) is 1.69. The van der Waals surface area contributed by atoms with Gasteiger partial charge in [-0.2, -0.15) is 0 Å². The third-order valence-electron chi connectivity index (χ3n) is 3.58. The molecule has 1 aliphatic carbocycles. The maximum Gasteiger partial charge on any atom is 0.325 e. The summed E-state index contributed by atoms with van der Waals surface area (Å²) < 4.78 is 48.7. The minimum atomic E-state index is -4.23. The summed E-state index contributed by atoms with van der Waals surface area (Å²) >= 11 is 0. The maximum absolute atomic E-state index is 13.1. The van der Waals surface area contributed by atoms with E-state index in [1.54, 1.807) is 6.92 Å². The predicted molar refractivity (Wildman–Crippen MR) is 62.3 cm³/mol. The van der Waals surface area contributed by atoms with E-state index in [-0.39, 0.29) is 6.42 Å². The summed E-state index contributed by atoms with van der Waals surface area (Å²) in [5.74, 6) is -4.42. The van der Waals surface area contributed by atoms with E-state index in [1.807, 2.05) is 0 Å². The summed E-state index contributed by atoms with van der Waals surface area (Å²) in [6, 6.07) is 2.10. The number of benzene rings is 1. The fourth-order valence-corrected chi connectivity index (χ4v) is 4.52. The fourth-order valence-electron chi connectivity index (χ4n) is 2.34. The van der Waals surface area contributed by atoms with Crippen molar-refractivity contribution >= 4 is 15.8 Å². The van der Waals surface area contributed by atoms with Gasteiger partial charge in [-0.25, -0.2) is 17.2 Å². The van der Waals surface area contributed by atoms with Gasteiger partial charge in [0.2, 0.25) is 0 Å². The van der Waals surface area contributed by atoms with E-state index in [0.717, 1.165) is 6.07 Å². The Morgan fingerprint density at radius 1 is 1.42 bits per heavy atom. The number of rotatable bonds is 4. The first-order chi connectivity index (χ1) is 8.77. The molecule has 0 heterocycles. The van der Waals surface area contributed by atoms with Crippen LogP contribution in [0.1, 0.15) is 19.8 Å². The molecular weight excluding hydrogens is 278 g/mol. The lowest BCUT2D eigenvalue weighted by Crippen LogP contribution is -2.35. The Morgan fingerprint density at radius 2 is 2.05 bits per heavy atom. The van der Waals surface area contributed by atoms with E-state index in [1.165, 1.54) is 0 Å². The van der Waals surface area contributed by atoms with Crippen molar-refractivity contribution in [2.45, 2.75) is 29.4 Å². The van der Waals surface area contributed by atoms with Gasteiger partial charge >= 0.3 is 5.97 Å². The molecular formula is C12H12F2O4S. The first-order valence-corrected chi connectivity index (χ1v) is 7.18. The predicted octanol–water partition coefficient (Wildman–Crippen LogP) is 1.99. The van der Waals surface area contributed by atoms with Gasteiger partial charge in [0.1, 0.15) is 0 Å². The highest BCUT2D eigenvalue weighted by molar-refractivity contribution is 7.94. The number of carbonyl (C=O) groups is 1. The summed E-state index contributed by atoms with van der Waals surface area (Å²) in [5, 5.41) is 9.18. The lowest BCUT2D eigenvalue weighted by molar-refractivity contribution is -0.137.